The second kappa shape index (κ2) is 6.75. The lowest BCUT2D eigenvalue weighted by Gasteiger charge is -2.18. The van der Waals surface area contributed by atoms with Crippen molar-refractivity contribution in [1.29, 1.82) is 0 Å². The van der Waals surface area contributed by atoms with Gasteiger partial charge in [0.05, 0.1) is 5.97 Å². The van der Waals surface area contributed by atoms with Gasteiger partial charge in [-0.25, -0.2) is 0 Å². The molecule has 0 heterocycles. The van der Waals surface area contributed by atoms with Crippen LogP contribution in [0, 0.1) is 0 Å². The molecule has 0 saturated carbocycles. The van der Waals surface area contributed by atoms with Gasteiger partial charge < -0.3 is 40.8 Å². The maximum atomic E-state index is 10.6. The van der Waals surface area contributed by atoms with Crippen LogP contribution in [0.4, 0.5) is 0 Å². The van der Waals surface area contributed by atoms with E-state index in [1.54, 1.807) is 0 Å². The average Bonchev–Trinajstić information content (AvgIpc) is 2.15. The number of carboxylic acid groups (broad SMARTS) is 3. The molecule has 0 saturated heterocycles. The van der Waals surface area contributed by atoms with E-state index >= 15 is 0 Å². The van der Waals surface area contributed by atoms with Crippen LogP contribution >= 0.6 is 0 Å². The molecule has 5 N–H and O–H groups in total. The Kier molecular flexibility index (Phi) is 6.04. The lowest BCUT2D eigenvalue weighted by molar-refractivity contribution is -0.703. The Morgan fingerprint density at radius 1 is 1.12 bits per heavy atom. The molecule has 92 valence electrons. The fourth-order valence-electron chi connectivity index (χ4n) is 1.03. The number of hydrogen-bond acceptors (Lipinski definition) is 6. The SMILES string of the molecule is [NH3+][C@@H](C[NH2+][C@@H](CCC(=O)[O-])C(=O)[O-])C(=O)[O-]. The van der Waals surface area contributed by atoms with Crippen LogP contribution in [0.5, 0.6) is 0 Å². The third-order valence-corrected chi connectivity index (χ3v) is 2.00. The zero-order valence-electron chi connectivity index (χ0n) is 8.51. The number of carboxylic acids is 3. The summed E-state index contributed by atoms with van der Waals surface area (Å²) in [4.78, 5) is 31.0. The molecule has 0 spiro atoms. The van der Waals surface area contributed by atoms with E-state index in [4.69, 9.17) is 0 Å². The number of quaternary nitrogens is 2. The normalized spacial score (nSPS) is 14.1. The van der Waals surface area contributed by atoms with Crippen molar-refractivity contribution < 1.29 is 40.8 Å². The van der Waals surface area contributed by atoms with Gasteiger partial charge in [0.2, 0.25) is 0 Å². The molecule has 8 heteroatoms. The van der Waals surface area contributed by atoms with Crippen LogP contribution in [0.3, 0.4) is 0 Å². The van der Waals surface area contributed by atoms with E-state index in [1.165, 1.54) is 0 Å². The van der Waals surface area contributed by atoms with Crippen molar-refractivity contribution in [2.24, 2.45) is 0 Å². The highest BCUT2D eigenvalue weighted by atomic mass is 16.4. The summed E-state index contributed by atoms with van der Waals surface area (Å²) in [5, 5.41) is 32.1. The summed E-state index contributed by atoms with van der Waals surface area (Å²) in [5.74, 6) is -4.22. The van der Waals surface area contributed by atoms with E-state index in [-0.39, 0.29) is 13.0 Å². The third-order valence-electron chi connectivity index (χ3n) is 2.00. The summed E-state index contributed by atoms with van der Waals surface area (Å²) in [6.07, 6.45) is -0.618. The monoisotopic (exact) mass is 233 g/mol. The fourth-order valence-corrected chi connectivity index (χ4v) is 1.03. The van der Waals surface area contributed by atoms with Gasteiger partial charge >= 0.3 is 0 Å². The van der Waals surface area contributed by atoms with Crippen LogP contribution < -0.4 is 26.4 Å². The first-order valence-electron chi connectivity index (χ1n) is 4.62. The molecule has 16 heavy (non-hydrogen) atoms. The van der Waals surface area contributed by atoms with E-state index < -0.39 is 36.4 Å². The van der Waals surface area contributed by atoms with Crippen LogP contribution in [0.2, 0.25) is 0 Å². The summed E-state index contributed by atoms with van der Waals surface area (Å²) in [6.45, 7) is -0.117. The highest BCUT2D eigenvalue weighted by molar-refractivity contribution is 5.71. The molecule has 0 fully saturated rings. The molecular weight excluding hydrogens is 220 g/mol. The van der Waals surface area contributed by atoms with E-state index in [9.17, 15) is 29.7 Å². The van der Waals surface area contributed by atoms with Crippen LogP contribution in [-0.4, -0.2) is 36.5 Å². The van der Waals surface area contributed by atoms with Crippen LogP contribution in [0.25, 0.3) is 0 Å². The summed E-state index contributed by atoms with van der Waals surface area (Å²) in [7, 11) is 0. The molecule has 0 aliphatic heterocycles. The number of nitrogens with two attached hydrogens (primary N) is 1. The second-order valence-electron chi connectivity index (χ2n) is 3.32. The Labute approximate surface area is 91.1 Å². The van der Waals surface area contributed by atoms with Gasteiger partial charge in [0.15, 0.2) is 6.04 Å². The average molecular weight is 233 g/mol. The van der Waals surface area contributed by atoms with Gasteiger partial charge in [-0.15, -0.1) is 0 Å². The van der Waals surface area contributed by atoms with Crippen LogP contribution in [0.1, 0.15) is 12.8 Å². The molecule has 0 bridgehead atoms. The number of hydrogen-bond donors (Lipinski definition) is 2. The molecular formula is C8H13N2O6-. The largest absolute Gasteiger partial charge is 0.550 e. The molecule has 0 aromatic heterocycles. The molecule has 2 atom stereocenters. The predicted octanol–water partition coefficient (Wildman–Crippen LogP) is -7.44. The number of rotatable bonds is 8. The number of aliphatic carboxylic acids is 3. The molecule has 0 rings (SSSR count). The summed E-state index contributed by atoms with van der Waals surface area (Å²) in [6, 6.07) is -2.19. The standard InChI is InChI=1S/C8H14N2O6/c9-4(7(13)14)3-10-5(8(15)16)1-2-6(11)12/h4-5,10H,1-3,9H2,(H,11,12)(H,13,14)(H,15,16)/p-1/t4-,5-/m0/s1. The van der Waals surface area contributed by atoms with Crippen molar-refractivity contribution in [2.45, 2.75) is 24.9 Å². The van der Waals surface area contributed by atoms with Crippen molar-refractivity contribution in [3.8, 4) is 0 Å². The Balaban J connectivity index is 4.09. The van der Waals surface area contributed by atoms with E-state index in [1.807, 2.05) is 0 Å². The van der Waals surface area contributed by atoms with Gasteiger partial charge in [0, 0.05) is 12.4 Å². The lowest BCUT2D eigenvalue weighted by Crippen LogP contribution is -2.98. The van der Waals surface area contributed by atoms with Gasteiger partial charge in [-0.3, -0.25) is 0 Å². The Bertz CT molecular complexity index is 280. The summed E-state index contributed by atoms with van der Waals surface area (Å²) >= 11 is 0. The van der Waals surface area contributed by atoms with Crippen molar-refractivity contribution in [3.63, 3.8) is 0 Å². The Morgan fingerprint density at radius 2 is 1.69 bits per heavy atom. The molecule has 0 amide bonds. The quantitative estimate of drug-likeness (QED) is 0.422. The third kappa shape index (κ3) is 5.94. The minimum atomic E-state index is -1.45. The highest BCUT2D eigenvalue weighted by Gasteiger charge is 2.17. The molecule has 8 nitrogen and oxygen atoms in total. The van der Waals surface area contributed by atoms with E-state index in [0.29, 0.717) is 0 Å². The first-order valence-corrected chi connectivity index (χ1v) is 4.62. The molecule has 0 unspecified atom stereocenters. The first kappa shape index (κ1) is 14.3. The zero-order chi connectivity index (χ0) is 12.7. The topological polar surface area (TPSA) is 165 Å². The lowest BCUT2D eigenvalue weighted by atomic mass is 10.1. The van der Waals surface area contributed by atoms with Crippen LogP contribution in [-0.2, 0) is 14.4 Å². The fraction of sp³-hybridized carbons (Fsp3) is 0.625. The maximum Gasteiger partial charge on any atom is 0.174 e. The van der Waals surface area contributed by atoms with Gasteiger partial charge in [-0.05, 0) is 6.42 Å². The Hall–Kier alpha value is -1.67. The van der Waals surface area contributed by atoms with Crippen molar-refractivity contribution in [1.82, 2.24) is 0 Å². The second-order valence-corrected chi connectivity index (χ2v) is 3.32. The first-order chi connectivity index (χ1) is 7.34. The van der Waals surface area contributed by atoms with E-state index in [0.717, 1.165) is 5.32 Å². The van der Waals surface area contributed by atoms with Crippen molar-refractivity contribution in [2.75, 3.05) is 6.54 Å². The van der Waals surface area contributed by atoms with Gasteiger partial charge in [-0.2, -0.15) is 0 Å². The van der Waals surface area contributed by atoms with Gasteiger partial charge in [0.1, 0.15) is 18.6 Å². The molecule has 0 aliphatic carbocycles. The van der Waals surface area contributed by atoms with Crippen molar-refractivity contribution >= 4 is 17.9 Å². The molecule has 0 aliphatic rings. The highest BCUT2D eigenvalue weighted by Crippen LogP contribution is 1.90. The maximum absolute atomic E-state index is 10.6. The predicted molar refractivity (Wildman–Crippen MR) is 41.5 cm³/mol. The molecule has 0 radical (unpaired) electrons. The molecule has 0 aromatic carbocycles. The smallest absolute Gasteiger partial charge is 0.174 e. The number of carbonyl (C=O) groups is 3. The minimum absolute atomic E-state index is 0.117. The molecule has 0 aromatic rings. The van der Waals surface area contributed by atoms with Crippen molar-refractivity contribution in [3.05, 3.63) is 0 Å². The Morgan fingerprint density at radius 3 is 2.06 bits per heavy atom. The minimum Gasteiger partial charge on any atom is -0.550 e. The summed E-state index contributed by atoms with van der Waals surface area (Å²) < 4.78 is 0. The zero-order valence-corrected chi connectivity index (χ0v) is 8.51. The summed E-state index contributed by atoms with van der Waals surface area (Å²) in [5.41, 5.74) is 3.23. The van der Waals surface area contributed by atoms with E-state index in [2.05, 4.69) is 5.73 Å². The van der Waals surface area contributed by atoms with Crippen LogP contribution in [0.15, 0.2) is 0 Å². The van der Waals surface area contributed by atoms with Gasteiger partial charge in [-0.1, -0.05) is 0 Å². The van der Waals surface area contributed by atoms with Gasteiger partial charge in [0.25, 0.3) is 0 Å². The number of carbonyl (C=O) groups excluding carboxylic acids is 3.